The quantitative estimate of drug-likeness (QED) is 0.169. The van der Waals surface area contributed by atoms with E-state index in [1.54, 1.807) is 6.26 Å². The van der Waals surface area contributed by atoms with E-state index in [2.05, 4.69) is 219 Å². The Labute approximate surface area is 416 Å². The fourth-order valence-corrected chi connectivity index (χ4v) is 12.7. The van der Waals surface area contributed by atoms with Crippen LogP contribution >= 0.6 is 12.6 Å². The van der Waals surface area contributed by atoms with Crippen molar-refractivity contribution < 1.29 is 0 Å². The molecule has 0 saturated heterocycles. The van der Waals surface area contributed by atoms with Gasteiger partial charge in [0.2, 0.25) is 0 Å². The number of thiol groups is 1. The molecule has 5 aliphatic carbocycles. The van der Waals surface area contributed by atoms with Crippen molar-refractivity contribution in [2.45, 2.75) is 51.4 Å². The molecule has 0 unspecified atom stereocenters. The molecule has 0 bridgehead atoms. The van der Waals surface area contributed by atoms with Gasteiger partial charge in [0.25, 0.3) is 0 Å². The van der Waals surface area contributed by atoms with E-state index >= 15 is 0 Å². The van der Waals surface area contributed by atoms with Crippen molar-refractivity contribution in [2.75, 3.05) is 6.26 Å². The van der Waals surface area contributed by atoms with Gasteiger partial charge >= 0.3 is 0 Å². The van der Waals surface area contributed by atoms with Crippen LogP contribution < -0.4 is 0 Å². The number of hydrogen-bond donors (Lipinski definition) is 1. The van der Waals surface area contributed by atoms with Crippen LogP contribution in [-0.2, 0) is 18.3 Å². The van der Waals surface area contributed by atoms with Crippen molar-refractivity contribution in [1.29, 1.82) is 0 Å². The normalized spacial score (nSPS) is 14.9. The molecule has 15 rings (SSSR count). The highest BCUT2D eigenvalue weighted by molar-refractivity contribution is 7.79. The Hall–Kier alpha value is -7.59. The first-order valence-corrected chi connectivity index (χ1v) is 25.7. The molecule has 70 heavy (non-hydrogen) atoms. The summed E-state index contributed by atoms with van der Waals surface area (Å²) in [4.78, 5) is 0. The predicted molar refractivity (Wildman–Crippen MR) is 304 cm³/mol. The van der Waals surface area contributed by atoms with Crippen molar-refractivity contribution in [1.82, 2.24) is 9.13 Å². The van der Waals surface area contributed by atoms with Crippen molar-refractivity contribution in [3.63, 3.8) is 0 Å². The van der Waals surface area contributed by atoms with E-state index < -0.39 is 0 Å². The zero-order valence-electron chi connectivity index (χ0n) is 40.1. The Balaban J connectivity index is 0.000000324. The Morgan fingerprint density at radius 3 is 1.61 bits per heavy atom. The van der Waals surface area contributed by atoms with Crippen LogP contribution in [0.1, 0.15) is 77.9 Å². The number of fused-ring (bicyclic) bond motifs is 13. The second-order valence-electron chi connectivity index (χ2n) is 20.0. The van der Waals surface area contributed by atoms with Crippen LogP contribution in [0.25, 0.3) is 112 Å². The molecule has 2 heterocycles. The van der Waals surface area contributed by atoms with E-state index in [9.17, 15) is 0 Å². The van der Waals surface area contributed by atoms with Crippen LogP contribution in [0.4, 0.5) is 0 Å². The second kappa shape index (κ2) is 16.3. The Bertz CT molecular complexity index is 3890. The molecule has 0 N–H and O–H groups in total. The van der Waals surface area contributed by atoms with E-state index in [1.807, 2.05) is 12.1 Å². The summed E-state index contributed by atoms with van der Waals surface area (Å²) in [5.74, 6) is 0. The maximum absolute atomic E-state index is 3.99. The molecule has 10 aromatic rings. The van der Waals surface area contributed by atoms with Crippen molar-refractivity contribution in [2.24, 2.45) is 0 Å². The highest BCUT2D eigenvalue weighted by atomic mass is 32.1. The van der Waals surface area contributed by atoms with Crippen LogP contribution in [0.5, 0.6) is 0 Å². The maximum Gasteiger partial charge on any atom is 0.0538 e. The standard InChI is InChI=1S/C55H40N2.C11H10.CH4S/c1-55(2)47-19-8-5-14-38(47)39-25-24-35(32-48(39)55)56-49-20-9-6-15-40(49)45-30-33(22-27-52(45)56)34-23-28-53-46(31-34)41-16-7-10-21-50(41)57(53)51-29-26-43-37-13-4-3-12-36(37)42-17-11-18-44(51)54(42)43;1-8-7-9(2)11-6-4-3-5-10(8)11;1-2/h3-8,11-19,22-32H,9-10,20-21H2,1-2H3;3-6H,1-2,7H2;2H,1H3. The summed E-state index contributed by atoms with van der Waals surface area (Å²) in [5.41, 5.74) is 29.0. The lowest BCUT2D eigenvalue weighted by atomic mass is 9.82. The van der Waals surface area contributed by atoms with Crippen LogP contribution in [0, 0.1) is 0 Å². The van der Waals surface area contributed by atoms with Gasteiger partial charge in [-0.25, -0.2) is 0 Å². The molecule has 0 fully saturated rings. The number of rotatable bonds is 3. The van der Waals surface area contributed by atoms with Crippen LogP contribution in [0.2, 0.25) is 0 Å². The molecule has 338 valence electrons. The minimum atomic E-state index is -0.0375. The molecular formula is C67H54N2S. The van der Waals surface area contributed by atoms with Gasteiger partial charge in [0.15, 0.2) is 0 Å². The number of hydrogen-bond acceptors (Lipinski definition) is 1. The van der Waals surface area contributed by atoms with Gasteiger partial charge in [-0.2, -0.15) is 12.6 Å². The SMILES string of the molecule is C=C1CC(=C)c2ccccc21.CC1(C)c2ccccc2-c2ccc(-n3c4c(c5cc(-c6ccc7c(c6)c6c(n7-c7ccc8c9c(cccc79)-c7ccccc7-8)CCC=C6)ccc53)C=CCC4)cc21.CS. The Morgan fingerprint density at radius 2 is 0.971 bits per heavy atom. The number of benzene rings is 8. The van der Waals surface area contributed by atoms with E-state index in [0.29, 0.717) is 0 Å². The van der Waals surface area contributed by atoms with Gasteiger partial charge in [-0.3, -0.25) is 0 Å². The highest BCUT2D eigenvalue weighted by Crippen LogP contribution is 2.51. The third-order valence-corrected chi connectivity index (χ3v) is 15.9. The van der Waals surface area contributed by atoms with Crippen molar-refractivity contribution in [3.05, 3.63) is 228 Å². The van der Waals surface area contributed by atoms with Crippen molar-refractivity contribution in [3.8, 4) is 55.9 Å². The van der Waals surface area contributed by atoms with Gasteiger partial charge in [-0.15, -0.1) is 0 Å². The lowest BCUT2D eigenvalue weighted by Gasteiger charge is -2.22. The van der Waals surface area contributed by atoms with Crippen molar-refractivity contribution >= 4 is 68.5 Å². The monoisotopic (exact) mass is 918 g/mol. The Morgan fingerprint density at radius 1 is 0.457 bits per heavy atom. The predicted octanol–water partition coefficient (Wildman–Crippen LogP) is 17.9. The van der Waals surface area contributed by atoms with E-state index in [-0.39, 0.29) is 5.41 Å². The maximum atomic E-state index is 3.99. The van der Waals surface area contributed by atoms with Gasteiger partial charge in [0.05, 0.1) is 16.7 Å². The first-order valence-electron chi connectivity index (χ1n) is 24.8. The molecule has 0 radical (unpaired) electrons. The molecule has 0 amide bonds. The summed E-state index contributed by atoms with van der Waals surface area (Å²) in [6.07, 6.45) is 16.3. The molecule has 2 nitrogen and oxygen atoms in total. The van der Waals surface area contributed by atoms with Gasteiger partial charge in [-0.05, 0) is 164 Å². The molecule has 2 aromatic heterocycles. The molecule has 0 aliphatic heterocycles. The molecule has 0 saturated carbocycles. The summed E-state index contributed by atoms with van der Waals surface area (Å²) in [7, 11) is 0. The minimum absolute atomic E-state index is 0.0375. The van der Waals surface area contributed by atoms with Crippen LogP contribution in [0.15, 0.2) is 183 Å². The molecule has 8 aromatic carbocycles. The molecule has 0 atom stereocenters. The third-order valence-electron chi connectivity index (χ3n) is 15.9. The topological polar surface area (TPSA) is 9.86 Å². The zero-order valence-corrected chi connectivity index (χ0v) is 41.0. The average molecular weight is 919 g/mol. The van der Waals surface area contributed by atoms with Gasteiger partial charge in [0.1, 0.15) is 0 Å². The van der Waals surface area contributed by atoms with Crippen LogP contribution in [-0.4, -0.2) is 15.4 Å². The van der Waals surface area contributed by atoms with E-state index in [0.717, 1.165) is 32.1 Å². The van der Waals surface area contributed by atoms with Gasteiger partial charge < -0.3 is 9.13 Å². The van der Waals surface area contributed by atoms with E-state index in [4.69, 9.17) is 0 Å². The molecular weight excluding hydrogens is 865 g/mol. The molecule has 3 heteroatoms. The zero-order chi connectivity index (χ0) is 47.4. The third kappa shape index (κ3) is 6.20. The first-order chi connectivity index (χ1) is 34.3. The minimum Gasteiger partial charge on any atom is -0.313 e. The van der Waals surface area contributed by atoms with Crippen LogP contribution in [0.3, 0.4) is 0 Å². The lowest BCUT2D eigenvalue weighted by Crippen LogP contribution is -2.15. The number of allylic oxidation sites excluding steroid dienone is 4. The first kappa shape index (κ1) is 42.5. The fraction of sp³-hybridized carbons (Fsp3) is 0.134. The van der Waals surface area contributed by atoms with Gasteiger partial charge in [-0.1, -0.05) is 167 Å². The summed E-state index contributed by atoms with van der Waals surface area (Å²) < 4.78 is 5.13. The summed E-state index contributed by atoms with van der Waals surface area (Å²) in [6, 6.07) is 59.2. The average Bonchev–Trinajstić information content (AvgIpc) is 4.17. The highest BCUT2D eigenvalue weighted by Gasteiger charge is 2.36. The Kier molecular flexibility index (Phi) is 9.87. The lowest BCUT2D eigenvalue weighted by molar-refractivity contribution is 0.659. The molecule has 0 spiro atoms. The largest absolute Gasteiger partial charge is 0.313 e. The number of nitrogens with zero attached hydrogens (tertiary/aromatic N) is 2. The second-order valence-corrected chi connectivity index (χ2v) is 20.0. The fourth-order valence-electron chi connectivity index (χ4n) is 12.7. The summed E-state index contributed by atoms with van der Waals surface area (Å²) >= 11 is 3.53. The molecule has 5 aliphatic rings. The van der Waals surface area contributed by atoms with Gasteiger partial charge in [0, 0.05) is 49.8 Å². The summed E-state index contributed by atoms with van der Waals surface area (Å²) in [6.45, 7) is 12.7. The summed E-state index contributed by atoms with van der Waals surface area (Å²) in [5, 5.41) is 5.35. The van der Waals surface area contributed by atoms with E-state index in [1.165, 1.54) is 144 Å². The smallest absolute Gasteiger partial charge is 0.0538 e. The number of aromatic nitrogens is 2.